The Kier molecular flexibility index (Phi) is 6.38. The number of carbonyl (C=O) groups is 1. The van der Waals surface area contributed by atoms with E-state index in [1.165, 1.54) is 0 Å². The zero-order valence-corrected chi connectivity index (χ0v) is 16.8. The number of rotatable bonds is 6. The van der Waals surface area contributed by atoms with Crippen LogP contribution in [0.25, 0.3) is 0 Å². The summed E-state index contributed by atoms with van der Waals surface area (Å²) in [5, 5.41) is 0.631. The first-order valence-corrected chi connectivity index (χ1v) is 10.7. The summed E-state index contributed by atoms with van der Waals surface area (Å²) in [7, 11) is -3.04. The molecule has 0 radical (unpaired) electrons. The molecule has 1 aliphatic heterocycles. The van der Waals surface area contributed by atoms with Crippen LogP contribution in [0.3, 0.4) is 0 Å². The molecule has 25 heavy (non-hydrogen) atoms. The fourth-order valence-corrected chi connectivity index (χ4v) is 5.27. The molecule has 1 aromatic carbocycles. The van der Waals surface area contributed by atoms with Gasteiger partial charge in [-0.3, -0.25) is 4.79 Å². The maximum atomic E-state index is 12.7. The third-order valence-electron chi connectivity index (χ3n) is 4.30. The number of ether oxygens (including phenoxy) is 1. The molecule has 1 aliphatic rings. The van der Waals surface area contributed by atoms with Gasteiger partial charge < -0.3 is 9.64 Å². The Morgan fingerprint density at radius 2 is 1.92 bits per heavy atom. The molecule has 140 valence electrons. The molecule has 0 saturated carbocycles. The number of hydrogen-bond donors (Lipinski definition) is 0. The molecule has 0 N–H and O–H groups in total. The van der Waals surface area contributed by atoms with Crippen molar-refractivity contribution in [2.75, 3.05) is 24.7 Å². The molecule has 1 aromatic rings. The van der Waals surface area contributed by atoms with E-state index >= 15 is 0 Å². The summed E-state index contributed by atoms with van der Waals surface area (Å²) in [4.78, 5) is 14.4. The van der Waals surface area contributed by atoms with E-state index in [4.69, 9.17) is 16.3 Å². The van der Waals surface area contributed by atoms with Gasteiger partial charge in [0, 0.05) is 17.6 Å². The van der Waals surface area contributed by atoms with Crippen molar-refractivity contribution in [1.82, 2.24) is 4.90 Å². The molecule has 1 amide bonds. The summed E-state index contributed by atoms with van der Waals surface area (Å²) in [6, 6.07) is 3.34. The van der Waals surface area contributed by atoms with Gasteiger partial charge >= 0.3 is 0 Å². The average Bonchev–Trinajstić information content (AvgIpc) is 2.83. The lowest BCUT2D eigenvalue weighted by Crippen LogP contribution is -2.45. The Morgan fingerprint density at radius 1 is 1.32 bits per heavy atom. The minimum atomic E-state index is -3.04. The lowest BCUT2D eigenvalue weighted by Gasteiger charge is -2.30. The van der Waals surface area contributed by atoms with Gasteiger partial charge in [-0.1, -0.05) is 25.4 Å². The van der Waals surface area contributed by atoms with Crippen LogP contribution in [-0.2, 0) is 14.6 Å². The number of nitrogens with zero attached hydrogens (tertiary/aromatic N) is 1. The monoisotopic (exact) mass is 387 g/mol. The Hall–Kier alpha value is -1.27. The number of sulfone groups is 1. The lowest BCUT2D eigenvalue weighted by molar-refractivity contribution is -0.135. The molecule has 0 unspecified atom stereocenters. The van der Waals surface area contributed by atoms with Gasteiger partial charge in [-0.2, -0.15) is 0 Å². The average molecular weight is 388 g/mol. The number of halogens is 1. The summed E-state index contributed by atoms with van der Waals surface area (Å²) in [5.41, 5.74) is 1.74. The van der Waals surface area contributed by atoms with Gasteiger partial charge in [0.2, 0.25) is 0 Å². The highest BCUT2D eigenvalue weighted by atomic mass is 35.5. The second-order valence-electron chi connectivity index (χ2n) is 7.15. The van der Waals surface area contributed by atoms with E-state index in [9.17, 15) is 13.2 Å². The van der Waals surface area contributed by atoms with Crippen LogP contribution in [0.15, 0.2) is 12.1 Å². The van der Waals surface area contributed by atoms with Crippen LogP contribution in [-0.4, -0.2) is 49.9 Å². The maximum absolute atomic E-state index is 12.7. The standard InChI is InChI=1S/C18H26ClNO4S/c1-12(2)9-20(16-5-6-25(22,23)11-16)17(21)10-24-18-13(3)7-15(19)8-14(18)4/h7-8,12,16H,5-6,9-11H2,1-4H3/t16-/m0/s1. The molecule has 1 fully saturated rings. The van der Waals surface area contributed by atoms with E-state index in [1.54, 1.807) is 17.0 Å². The maximum Gasteiger partial charge on any atom is 0.260 e. The van der Waals surface area contributed by atoms with Gasteiger partial charge in [-0.25, -0.2) is 8.42 Å². The Labute approximate surface area is 155 Å². The Bertz CT molecular complexity index is 722. The van der Waals surface area contributed by atoms with Crippen molar-refractivity contribution in [3.05, 3.63) is 28.3 Å². The van der Waals surface area contributed by atoms with Gasteiger partial charge in [-0.15, -0.1) is 0 Å². The second-order valence-corrected chi connectivity index (χ2v) is 9.82. The molecule has 1 atom stereocenters. The summed E-state index contributed by atoms with van der Waals surface area (Å²) in [5.74, 6) is 0.928. The van der Waals surface area contributed by atoms with Crippen LogP contribution >= 0.6 is 11.6 Å². The summed E-state index contributed by atoms with van der Waals surface area (Å²) >= 11 is 6.02. The topological polar surface area (TPSA) is 63.7 Å². The smallest absolute Gasteiger partial charge is 0.260 e. The van der Waals surface area contributed by atoms with Crippen LogP contribution < -0.4 is 4.74 Å². The van der Waals surface area contributed by atoms with E-state index < -0.39 is 9.84 Å². The molecular weight excluding hydrogens is 362 g/mol. The van der Waals surface area contributed by atoms with Crippen molar-refractivity contribution in [3.63, 3.8) is 0 Å². The zero-order valence-electron chi connectivity index (χ0n) is 15.2. The van der Waals surface area contributed by atoms with Crippen molar-refractivity contribution < 1.29 is 17.9 Å². The Balaban J connectivity index is 2.10. The van der Waals surface area contributed by atoms with E-state index in [-0.39, 0.29) is 36.0 Å². The number of carbonyl (C=O) groups excluding carboxylic acids is 1. The van der Waals surface area contributed by atoms with Crippen molar-refractivity contribution in [2.24, 2.45) is 5.92 Å². The van der Waals surface area contributed by atoms with Crippen molar-refractivity contribution in [1.29, 1.82) is 0 Å². The zero-order chi connectivity index (χ0) is 18.8. The van der Waals surface area contributed by atoms with Gasteiger partial charge in [-0.05, 0) is 49.4 Å². The highest BCUT2D eigenvalue weighted by Crippen LogP contribution is 2.27. The summed E-state index contributed by atoms with van der Waals surface area (Å²) in [6.45, 7) is 8.21. The van der Waals surface area contributed by atoms with Crippen LogP contribution in [0.4, 0.5) is 0 Å². The number of hydrogen-bond acceptors (Lipinski definition) is 4. The third-order valence-corrected chi connectivity index (χ3v) is 6.27. The highest BCUT2D eigenvalue weighted by molar-refractivity contribution is 7.91. The fraction of sp³-hybridized carbons (Fsp3) is 0.611. The quantitative estimate of drug-likeness (QED) is 0.752. The summed E-state index contributed by atoms with van der Waals surface area (Å²) < 4.78 is 29.3. The van der Waals surface area contributed by atoms with Gasteiger partial charge in [0.15, 0.2) is 16.4 Å². The van der Waals surface area contributed by atoms with E-state index in [2.05, 4.69) is 0 Å². The molecule has 7 heteroatoms. The van der Waals surface area contributed by atoms with Crippen molar-refractivity contribution in [3.8, 4) is 5.75 Å². The molecule has 1 saturated heterocycles. The van der Waals surface area contributed by atoms with E-state index in [1.807, 2.05) is 27.7 Å². The van der Waals surface area contributed by atoms with Crippen LogP contribution in [0.2, 0.25) is 5.02 Å². The molecule has 0 aliphatic carbocycles. The van der Waals surface area contributed by atoms with Crippen LogP contribution in [0, 0.1) is 19.8 Å². The molecule has 1 heterocycles. The van der Waals surface area contributed by atoms with Gasteiger partial charge in [0.25, 0.3) is 5.91 Å². The SMILES string of the molecule is Cc1cc(Cl)cc(C)c1OCC(=O)N(CC(C)C)[C@H]1CCS(=O)(=O)C1. The predicted molar refractivity (Wildman–Crippen MR) is 100 cm³/mol. The number of amides is 1. The molecule has 0 bridgehead atoms. The fourth-order valence-electron chi connectivity index (χ4n) is 3.21. The second kappa shape index (κ2) is 7.96. The van der Waals surface area contributed by atoms with Crippen LogP contribution in [0.5, 0.6) is 5.75 Å². The minimum absolute atomic E-state index is 0.0461. The van der Waals surface area contributed by atoms with Crippen molar-refractivity contribution in [2.45, 2.75) is 40.2 Å². The first-order chi connectivity index (χ1) is 11.6. The summed E-state index contributed by atoms with van der Waals surface area (Å²) in [6.07, 6.45) is 0.500. The van der Waals surface area contributed by atoms with E-state index in [0.717, 1.165) is 11.1 Å². The van der Waals surface area contributed by atoms with Gasteiger partial charge in [0.1, 0.15) is 5.75 Å². The Morgan fingerprint density at radius 3 is 2.40 bits per heavy atom. The van der Waals surface area contributed by atoms with E-state index in [0.29, 0.717) is 23.7 Å². The first kappa shape index (κ1) is 20.0. The molecule has 0 aromatic heterocycles. The lowest BCUT2D eigenvalue weighted by atomic mass is 10.1. The van der Waals surface area contributed by atoms with Crippen molar-refractivity contribution >= 4 is 27.3 Å². The first-order valence-electron chi connectivity index (χ1n) is 8.48. The minimum Gasteiger partial charge on any atom is -0.483 e. The number of aryl methyl sites for hydroxylation is 2. The molecular formula is C18H26ClNO4S. The number of benzene rings is 1. The molecule has 0 spiro atoms. The normalized spacial score (nSPS) is 19.2. The molecule has 5 nitrogen and oxygen atoms in total. The predicted octanol–water partition coefficient (Wildman–Crippen LogP) is 3.01. The highest BCUT2D eigenvalue weighted by Gasteiger charge is 2.35. The van der Waals surface area contributed by atoms with Gasteiger partial charge in [0.05, 0.1) is 11.5 Å². The van der Waals surface area contributed by atoms with Crippen LogP contribution in [0.1, 0.15) is 31.4 Å². The third kappa shape index (κ3) is 5.35. The largest absolute Gasteiger partial charge is 0.483 e. The molecule has 2 rings (SSSR count).